The van der Waals surface area contributed by atoms with Crippen molar-refractivity contribution in [2.75, 3.05) is 38.8 Å². The molecule has 0 aromatic carbocycles. The molecule has 0 spiro atoms. The molecule has 0 aliphatic carbocycles. The molecule has 2 aromatic rings. The van der Waals surface area contributed by atoms with E-state index in [1.165, 1.54) is 0 Å². The first-order chi connectivity index (χ1) is 10.2. The molecule has 2 heterocycles. The minimum atomic E-state index is 0.560. The van der Waals surface area contributed by atoms with Crippen LogP contribution in [0.1, 0.15) is 11.5 Å². The average molecular weight is 328 g/mol. The zero-order chi connectivity index (χ0) is 15.1. The van der Waals surface area contributed by atoms with Gasteiger partial charge in [0, 0.05) is 12.3 Å². The summed E-state index contributed by atoms with van der Waals surface area (Å²) in [6, 6.07) is 4.09. The van der Waals surface area contributed by atoms with E-state index in [-0.39, 0.29) is 0 Å². The standard InChI is InChI=1S/C13H20N4O2S2/c1-17(2)8-10-4-5-11(19-10)9-20-7-6-14-12-13(18-3)16-21-15-12/h4-5H,6-9H2,1-3H3,(H,14,15). The van der Waals surface area contributed by atoms with E-state index in [1.807, 2.05) is 38.0 Å². The SMILES string of the molecule is COc1nsnc1NCCSCc1ccc(CN(C)C)o1. The average Bonchev–Trinajstić information content (AvgIpc) is 3.07. The van der Waals surface area contributed by atoms with Crippen molar-refractivity contribution in [3.63, 3.8) is 0 Å². The number of ether oxygens (including phenoxy) is 1. The quantitative estimate of drug-likeness (QED) is 0.710. The number of aromatic nitrogens is 2. The van der Waals surface area contributed by atoms with Crippen LogP contribution in [0.25, 0.3) is 0 Å². The van der Waals surface area contributed by atoms with Gasteiger partial charge in [-0.05, 0) is 26.2 Å². The van der Waals surface area contributed by atoms with Crippen LogP contribution in [0.2, 0.25) is 0 Å². The Hall–Kier alpha value is -1.25. The highest BCUT2D eigenvalue weighted by atomic mass is 32.2. The summed E-state index contributed by atoms with van der Waals surface area (Å²) in [6.45, 7) is 1.65. The summed E-state index contributed by atoms with van der Waals surface area (Å²) >= 11 is 2.96. The van der Waals surface area contributed by atoms with Gasteiger partial charge in [-0.25, -0.2) is 0 Å². The Morgan fingerprint density at radius 1 is 1.33 bits per heavy atom. The zero-order valence-electron chi connectivity index (χ0n) is 12.5. The Bertz CT molecular complexity index is 542. The van der Waals surface area contributed by atoms with E-state index in [0.717, 1.165) is 53.7 Å². The highest BCUT2D eigenvalue weighted by Gasteiger charge is 2.07. The Morgan fingerprint density at radius 3 is 2.90 bits per heavy atom. The van der Waals surface area contributed by atoms with Gasteiger partial charge in [0.15, 0.2) is 0 Å². The van der Waals surface area contributed by atoms with Gasteiger partial charge in [0.2, 0.25) is 5.82 Å². The summed E-state index contributed by atoms with van der Waals surface area (Å²) in [7, 11) is 5.66. The Kier molecular flexibility index (Phi) is 6.34. The maximum atomic E-state index is 5.76. The van der Waals surface area contributed by atoms with E-state index < -0.39 is 0 Å². The summed E-state index contributed by atoms with van der Waals surface area (Å²) in [5, 5.41) is 3.22. The van der Waals surface area contributed by atoms with Crippen molar-refractivity contribution in [2.45, 2.75) is 12.3 Å². The Balaban J connectivity index is 1.64. The van der Waals surface area contributed by atoms with Gasteiger partial charge >= 0.3 is 0 Å². The van der Waals surface area contributed by atoms with Gasteiger partial charge in [-0.15, -0.1) is 4.37 Å². The number of methoxy groups -OCH3 is 1. The third-order valence-electron chi connectivity index (χ3n) is 2.62. The minimum absolute atomic E-state index is 0.560. The van der Waals surface area contributed by atoms with Crippen molar-refractivity contribution in [3.8, 4) is 5.88 Å². The van der Waals surface area contributed by atoms with E-state index in [2.05, 4.69) is 19.0 Å². The smallest absolute Gasteiger partial charge is 0.270 e. The Morgan fingerprint density at radius 2 is 2.14 bits per heavy atom. The number of hydrogen-bond donors (Lipinski definition) is 1. The van der Waals surface area contributed by atoms with Gasteiger partial charge in [-0.1, -0.05) is 0 Å². The predicted molar refractivity (Wildman–Crippen MR) is 87.2 cm³/mol. The van der Waals surface area contributed by atoms with Crippen molar-refractivity contribution in [2.24, 2.45) is 0 Å². The molecule has 0 saturated carbocycles. The number of thioether (sulfide) groups is 1. The van der Waals surface area contributed by atoms with Crippen LogP contribution in [0, 0.1) is 0 Å². The predicted octanol–water partition coefficient (Wildman–Crippen LogP) is 2.55. The molecule has 8 heteroatoms. The molecule has 6 nitrogen and oxygen atoms in total. The molecule has 0 unspecified atom stereocenters. The van der Waals surface area contributed by atoms with Crippen LogP contribution in [0.3, 0.4) is 0 Å². The van der Waals surface area contributed by atoms with Crippen LogP contribution in [-0.4, -0.2) is 47.1 Å². The van der Waals surface area contributed by atoms with Crippen molar-refractivity contribution >= 4 is 29.3 Å². The van der Waals surface area contributed by atoms with Crippen LogP contribution >= 0.6 is 23.5 Å². The first-order valence-corrected chi connectivity index (χ1v) is 8.48. The summed E-state index contributed by atoms with van der Waals surface area (Å²) in [5.41, 5.74) is 0. The second-order valence-corrected chi connectivity index (χ2v) is 6.34. The minimum Gasteiger partial charge on any atom is -0.478 e. The lowest BCUT2D eigenvalue weighted by atomic mass is 10.4. The molecule has 0 bridgehead atoms. The summed E-state index contributed by atoms with van der Waals surface area (Å²) in [5.74, 6) is 5.14. The molecule has 0 aliphatic heterocycles. The Labute approximate surface area is 133 Å². The fraction of sp³-hybridized carbons (Fsp3) is 0.538. The molecule has 2 rings (SSSR count). The van der Waals surface area contributed by atoms with E-state index in [0.29, 0.717) is 5.88 Å². The molecule has 0 radical (unpaired) electrons. The largest absolute Gasteiger partial charge is 0.478 e. The lowest BCUT2D eigenvalue weighted by Crippen LogP contribution is -2.09. The number of nitrogens with one attached hydrogen (secondary N) is 1. The van der Waals surface area contributed by atoms with Gasteiger partial charge in [-0.2, -0.15) is 16.1 Å². The van der Waals surface area contributed by atoms with Crippen molar-refractivity contribution < 1.29 is 9.15 Å². The van der Waals surface area contributed by atoms with E-state index in [1.54, 1.807) is 7.11 Å². The zero-order valence-corrected chi connectivity index (χ0v) is 14.1. The molecule has 0 atom stereocenters. The van der Waals surface area contributed by atoms with Crippen molar-refractivity contribution in [3.05, 3.63) is 23.7 Å². The fourth-order valence-electron chi connectivity index (χ4n) is 1.73. The lowest BCUT2D eigenvalue weighted by Gasteiger charge is -2.06. The van der Waals surface area contributed by atoms with Crippen LogP contribution in [0.5, 0.6) is 5.88 Å². The normalized spacial score (nSPS) is 11.0. The summed E-state index contributed by atoms with van der Waals surface area (Å²) in [6.07, 6.45) is 0. The molecule has 21 heavy (non-hydrogen) atoms. The van der Waals surface area contributed by atoms with E-state index >= 15 is 0 Å². The number of hydrogen-bond acceptors (Lipinski definition) is 8. The molecule has 0 amide bonds. The molecular weight excluding hydrogens is 308 g/mol. The van der Waals surface area contributed by atoms with Crippen LogP contribution in [0.4, 0.5) is 5.82 Å². The summed E-state index contributed by atoms with van der Waals surface area (Å²) < 4.78 is 19.0. The van der Waals surface area contributed by atoms with Gasteiger partial charge in [-0.3, -0.25) is 0 Å². The van der Waals surface area contributed by atoms with E-state index in [9.17, 15) is 0 Å². The molecule has 0 saturated heterocycles. The number of furan rings is 1. The molecule has 116 valence electrons. The lowest BCUT2D eigenvalue weighted by molar-refractivity contribution is 0.344. The maximum Gasteiger partial charge on any atom is 0.270 e. The molecular formula is C13H20N4O2S2. The third kappa shape index (κ3) is 5.22. The number of nitrogens with zero attached hydrogens (tertiary/aromatic N) is 3. The van der Waals surface area contributed by atoms with Crippen molar-refractivity contribution in [1.82, 2.24) is 13.6 Å². The van der Waals surface area contributed by atoms with Gasteiger partial charge in [0.05, 0.1) is 31.1 Å². The second kappa shape index (κ2) is 8.26. The number of rotatable bonds is 9. The molecule has 1 N–H and O–H groups in total. The molecule has 2 aromatic heterocycles. The third-order valence-corrected chi connectivity index (χ3v) is 4.12. The highest BCUT2D eigenvalue weighted by Crippen LogP contribution is 2.20. The van der Waals surface area contributed by atoms with Gasteiger partial charge < -0.3 is 19.4 Å². The monoisotopic (exact) mass is 328 g/mol. The topological polar surface area (TPSA) is 63.4 Å². The van der Waals surface area contributed by atoms with Gasteiger partial charge in [0.25, 0.3) is 5.88 Å². The van der Waals surface area contributed by atoms with Crippen LogP contribution in [0.15, 0.2) is 16.5 Å². The summed E-state index contributed by atoms with van der Waals surface area (Å²) in [4.78, 5) is 2.09. The fourth-order valence-corrected chi connectivity index (χ4v) is 2.98. The first kappa shape index (κ1) is 16.1. The second-order valence-electron chi connectivity index (χ2n) is 4.71. The highest BCUT2D eigenvalue weighted by molar-refractivity contribution is 7.98. The molecule has 0 aliphatic rings. The maximum absolute atomic E-state index is 5.76. The van der Waals surface area contributed by atoms with E-state index in [4.69, 9.17) is 9.15 Å². The van der Waals surface area contributed by atoms with Gasteiger partial charge in [0.1, 0.15) is 11.5 Å². The van der Waals surface area contributed by atoms with Crippen molar-refractivity contribution in [1.29, 1.82) is 0 Å². The molecule has 0 fully saturated rings. The van der Waals surface area contributed by atoms with Crippen LogP contribution in [-0.2, 0) is 12.3 Å². The first-order valence-electron chi connectivity index (χ1n) is 6.59. The van der Waals surface area contributed by atoms with Crippen LogP contribution < -0.4 is 10.1 Å². The number of anilines is 1.